The van der Waals surface area contributed by atoms with E-state index < -0.39 is 0 Å². The summed E-state index contributed by atoms with van der Waals surface area (Å²) in [5, 5.41) is 15.2. The summed E-state index contributed by atoms with van der Waals surface area (Å²) < 4.78 is 11.5. The average molecular weight is 1870 g/mol. The molecule has 15 aliphatic carbocycles. The van der Waals surface area contributed by atoms with Gasteiger partial charge in [0.05, 0.1) is 11.0 Å². The minimum atomic E-state index is 0.176. The third-order valence-electron chi connectivity index (χ3n) is 38.5. The summed E-state index contributed by atoms with van der Waals surface area (Å²) in [7, 11) is 0. The first kappa shape index (κ1) is 82.7. The molecule has 12 saturated carbocycles. The Morgan fingerprint density at radius 1 is 0.201 bits per heavy atom. The second kappa shape index (κ2) is 31.6. The van der Waals surface area contributed by atoms with Crippen LogP contribution in [0.3, 0.4) is 0 Å². The van der Waals surface area contributed by atoms with Crippen molar-refractivity contribution in [2.24, 2.45) is 71.0 Å². The number of furan rings is 1. The van der Waals surface area contributed by atoms with Crippen molar-refractivity contribution in [1.82, 2.24) is 4.57 Å². The number of aromatic nitrogens is 1. The second-order valence-electron chi connectivity index (χ2n) is 45.4. The van der Waals surface area contributed by atoms with Gasteiger partial charge in [-0.1, -0.05) is 261 Å². The van der Waals surface area contributed by atoms with Crippen LogP contribution in [-0.4, -0.2) is 4.57 Å². The monoisotopic (exact) mass is 1870 g/mol. The number of nitrogens with zero attached hydrogens (tertiary/aromatic N) is 4. The Morgan fingerprint density at radius 3 is 0.924 bits per heavy atom. The van der Waals surface area contributed by atoms with Crippen molar-refractivity contribution in [3.63, 3.8) is 0 Å². The normalized spacial score (nSPS) is 24.9. The Kier molecular flexibility index (Phi) is 18.1. The van der Waals surface area contributed by atoms with Gasteiger partial charge in [-0.2, -0.15) is 0 Å². The molecule has 144 heavy (non-hydrogen) atoms. The second-order valence-corrected chi connectivity index (χ2v) is 46.5. The number of thiophene rings is 1. The Labute approximate surface area is 844 Å². The van der Waals surface area contributed by atoms with E-state index in [-0.39, 0.29) is 16.2 Å². The highest BCUT2D eigenvalue weighted by molar-refractivity contribution is 7.25. The first-order chi connectivity index (χ1) is 71.2. The summed E-state index contributed by atoms with van der Waals surface area (Å²) in [5.41, 5.74) is 35.1. The van der Waals surface area contributed by atoms with Crippen molar-refractivity contribution < 1.29 is 4.42 Å². The average Bonchev–Trinajstić information content (AvgIpc) is 1.51. The Hall–Kier alpha value is -14.8. The van der Waals surface area contributed by atoms with Crippen LogP contribution in [0.2, 0.25) is 0 Å². The molecule has 0 aliphatic heterocycles. The van der Waals surface area contributed by atoms with Gasteiger partial charge in [-0.15, -0.1) is 11.3 Å². The molecule has 0 unspecified atom stereocenters. The molecule has 3 spiro atoms. The largest absolute Gasteiger partial charge is 0.456 e. The number of hydrogen-bond donors (Lipinski definition) is 0. The van der Waals surface area contributed by atoms with Gasteiger partial charge in [-0.3, -0.25) is 0 Å². The zero-order valence-electron chi connectivity index (χ0n) is 80.9. The predicted molar refractivity (Wildman–Crippen MR) is 600 cm³/mol. The lowest BCUT2D eigenvalue weighted by Gasteiger charge is -2.61. The first-order valence-corrected chi connectivity index (χ1v) is 54.5. The highest BCUT2D eigenvalue weighted by atomic mass is 32.1. The molecule has 0 saturated heterocycles. The third kappa shape index (κ3) is 12.1. The first-order valence-electron chi connectivity index (χ1n) is 53.7. The van der Waals surface area contributed by atoms with Gasteiger partial charge in [0.25, 0.3) is 0 Å². The molecule has 15 aliphatic rings. The fourth-order valence-electron chi connectivity index (χ4n) is 33.8. The van der Waals surface area contributed by atoms with E-state index >= 15 is 0 Å². The van der Waals surface area contributed by atoms with Gasteiger partial charge in [0.2, 0.25) is 0 Å². The lowest BCUT2D eigenvalue weighted by atomic mass is 9.43. The van der Waals surface area contributed by atoms with Crippen LogP contribution in [-0.2, 0) is 16.2 Å². The molecule has 0 amide bonds. The zero-order chi connectivity index (χ0) is 93.9. The van der Waals surface area contributed by atoms with E-state index in [1.165, 1.54) is 244 Å². The van der Waals surface area contributed by atoms with Crippen molar-refractivity contribution in [2.45, 2.75) is 113 Å². The summed E-state index contributed by atoms with van der Waals surface area (Å²) in [5.74, 6) is 10.3. The number of hydrogen-bond acceptors (Lipinski definition) is 5. The molecule has 3 heterocycles. The zero-order valence-corrected chi connectivity index (χ0v) is 81.7. The lowest BCUT2D eigenvalue weighted by molar-refractivity contribution is -0.0399. The van der Waals surface area contributed by atoms with Gasteiger partial charge in [-0.25, -0.2) is 0 Å². The maximum atomic E-state index is 6.41. The molecule has 3 aromatic heterocycles. The van der Waals surface area contributed by atoms with E-state index in [9.17, 15) is 0 Å². The van der Waals surface area contributed by atoms with E-state index in [1.54, 1.807) is 33.4 Å². The number of para-hydroxylation sites is 3. The smallest absolute Gasteiger partial charge is 0.137 e. The van der Waals surface area contributed by atoms with Gasteiger partial charge < -0.3 is 23.7 Å². The summed E-state index contributed by atoms with van der Waals surface area (Å²) in [4.78, 5) is 7.41. The van der Waals surface area contributed by atoms with Crippen molar-refractivity contribution in [3.05, 3.63) is 446 Å². The molecule has 694 valence electrons. The Morgan fingerprint density at radius 2 is 0.493 bits per heavy atom. The van der Waals surface area contributed by atoms with E-state index in [2.05, 4.69) is 426 Å². The van der Waals surface area contributed by atoms with Crippen LogP contribution in [0.1, 0.15) is 130 Å². The van der Waals surface area contributed by atoms with E-state index in [0.29, 0.717) is 0 Å². The van der Waals surface area contributed by atoms with Gasteiger partial charge in [0, 0.05) is 121 Å². The minimum absolute atomic E-state index is 0.176. The van der Waals surface area contributed by atoms with Gasteiger partial charge in [-0.05, 0) is 412 Å². The van der Waals surface area contributed by atoms with Crippen LogP contribution in [0.4, 0.5) is 51.2 Å². The number of fused-ring (bicyclic) bond motifs is 21. The van der Waals surface area contributed by atoms with Crippen molar-refractivity contribution in [1.29, 1.82) is 0 Å². The number of benzene rings is 19. The molecule has 0 N–H and O–H groups in total. The molecular weight excluding hydrogens is 1760 g/mol. The molecule has 37 rings (SSSR count). The SMILES string of the molecule is c1ccc2c(c1)-c1cc(N(c3ccc(-n4c5ccccc5c5ccccc54)cc3)c3ccc4ccccc4c3)ccc1C21C2CC3CC(C2)CC1C3.c1ccc2c(c1)-c1cc(N(c3ccc4ccccc4c3)c3ccc4c(c3)oc3ccccc34)ccc1C21C2CC3CC(C2)CC1C3.c1ccc2c(c1)-c1cc(N(c3ccc4ccccc4c3)c3ccc4c(c3)sc3ccccc34)ccc1C21C2CC3CC(C2)CC1C3. The van der Waals surface area contributed by atoms with Crippen molar-refractivity contribution in [2.75, 3.05) is 14.7 Å². The van der Waals surface area contributed by atoms with Crippen LogP contribution in [0, 0.1) is 71.0 Å². The third-order valence-corrected chi connectivity index (χ3v) is 39.7. The summed E-state index contributed by atoms with van der Waals surface area (Å²) in [6.45, 7) is 0. The summed E-state index contributed by atoms with van der Waals surface area (Å²) in [6, 6.07) is 155. The molecule has 5 nitrogen and oxygen atoms in total. The van der Waals surface area contributed by atoms with Crippen LogP contribution in [0.15, 0.2) is 417 Å². The topological polar surface area (TPSA) is 27.8 Å². The van der Waals surface area contributed by atoms with Gasteiger partial charge in [0.15, 0.2) is 0 Å². The highest BCUT2D eigenvalue weighted by Crippen LogP contribution is 2.74. The predicted octanol–water partition coefficient (Wildman–Crippen LogP) is 37.5. The standard InChI is InChI=1S/C50H40N2.C44H35NO.C44H35NS/c1-2-10-35-30-40(18-17-34(35)9-1)51(38-19-21-39(22-20-38)52-48-15-7-4-12-43(48)44-13-5-8-16-49(44)52)41-23-24-47-45(31-41)42-11-3-6-14-46(42)50(47)36-26-32-25-33(28-36)29-37(50)27-32;2*1-2-8-30-24-33(14-13-29(30)7-1)45(35-15-17-38-37-10-4-6-12-42(37)46-43(38)26-35)34-16-18-41-39(25-34)36-9-3-5-11-40(36)44(41)31-20-27-19-28(22-31)23-32(44)21-27/h1-24,30-33,36-37H,25-29H2;2*1-18,24-28,31-32H,19-23H2. The minimum Gasteiger partial charge on any atom is -0.456 e. The molecule has 6 heteroatoms. The fraction of sp³-hybridized carbons (Fsp3) is 0.217. The number of rotatable bonds is 10. The quantitative estimate of drug-likeness (QED) is 0.136. The molecule has 0 atom stereocenters. The van der Waals surface area contributed by atoms with Crippen LogP contribution in [0.25, 0.3) is 135 Å². The van der Waals surface area contributed by atoms with E-state index in [0.717, 1.165) is 110 Å². The molecule has 12 fully saturated rings. The van der Waals surface area contributed by atoms with E-state index in [1.807, 2.05) is 17.4 Å². The summed E-state index contributed by atoms with van der Waals surface area (Å²) in [6.07, 6.45) is 21.4. The lowest BCUT2D eigenvalue weighted by Crippen LogP contribution is -2.55. The van der Waals surface area contributed by atoms with Gasteiger partial charge >= 0.3 is 0 Å². The van der Waals surface area contributed by atoms with Crippen LogP contribution in [0.5, 0.6) is 0 Å². The van der Waals surface area contributed by atoms with Crippen LogP contribution >= 0.6 is 11.3 Å². The van der Waals surface area contributed by atoms with Crippen LogP contribution < -0.4 is 14.7 Å². The molecule has 19 aromatic carbocycles. The Bertz CT molecular complexity index is 8620. The van der Waals surface area contributed by atoms with Crippen molar-refractivity contribution in [3.8, 4) is 39.1 Å². The molecule has 22 aromatic rings. The van der Waals surface area contributed by atoms with E-state index in [4.69, 9.17) is 4.42 Å². The number of anilines is 9. The fourth-order valence-corrected chi connectivity index (χ4v) is 34.9. The highest BCUT2D eigenvalue weighted by Gasteiger charge is 2.65. The summed E-state index contributed by atoms with van der Waals surface area (Å²) >= 11 is 1.90. The van der Waals surface area contributed by atoms with Gasteiger partial charge in [0.1, 0.15) is 11.2 Å². The maximum Gasteiger partial charge on any atom is 0.137 e. The maximum absolute atomic E-state index is 6.41. The Balaban J connectivity index is 0.0000000969. The van der Waals surface area contributed by atoms with Crippen molar-refractivity contribution >= 4 is 159 Å². The molecule has 12 bridgehead atoms. The molecule has 0 radical (unpaired) electrons. The molecular formula is C138H110N4OS.